The normalized spacial score (nSPS) is 15.3. The average molecular weight is 354 g/mol. The summed E-state index contributed by atoms with van der Waals surface area (Å²) in [5.74, 6) is -0.0420. The molecule has 2 heterocycles. The molecule has 6 nitrogen and oxygen atoms in total. The molecule has 1 aromatic heterocycles. The standard InChI is InChI=1S/C20H26N4O2/c1-4-15-6-8-16(9-7-15)22-19(25)14(3)24-11-10-17-18(12-24)21-13-23(5-2)20(17)26/h6-9,13-14H,4-5,10-12H2,1-3H3,(H,22,25). The van der Waals surface area contributed by atoms with Crippen LogP contribution in [0.3, 0.4) is 0 Å². The van der Waals surface area contributed by atoms with Gasteiger partial charge in [-0.05, 0) is 44.4 Å². The van der Waals surface area contributed by atoms with Crippen LogP contribution in [0.25, 0.3) is 0 Å². The molecule has 0 aliphatic carbocycles. The zero-order valence-electron chi connectivity index (χ0n) is 15.7. The van der Waals surface area contributed by atoms with E-state index in [-0.39, 0.29) is 17.5 Å². The first-order chi connectivity index (χ1) is 12.5. The lowest BCUT2D eigenvalue weighted by atomic mass is 10.0. The van der Waals surface area contributed by atoms with Gasteiger partial charge in [0.2, 0.25) is 5.91 Å². The van der Waals surface area contributed by atoms with Gasteiger partial charge in [0, 0.05) is 30.9 Å². The van der Waals surface area contributed by atoms with E-state index in [9.17, 15) is 9.59 Å². The van der Waals surface area contributed by atoms with E-state index in [0.29, 0.717) is 26.1 Å². The highest BCUT2D eigenvalue weighted by Crippen LogP contribution is 2.17. The minimum Gasteiger partial charge on any atom is -0.325 e. The summed E-state index contributed by atoms with van der Waals surface area (Å²) in [5.41, 5.74) is 3.67. The molecule has 1 aliphatic heterocycles. The summed E-state index contributed by atoms with van der Waals surface area (Å²) in [4.78, 5) is 31.5. The first kappa shape index (κ1) is 18.3. The van der Waals surface area contributed by atoms with Crippen LogP contribution in [0.2, 0.25) is 0 Å². The number of aryl methyl sites for hydroxylation is 2. The van der Waals surface area contributed by atoms with Gasteiger partial charge in [0.1, 0.15) is 0 Å². The van der Waals surface area contributed by atoms with Crippen LogP contribution in [0.5, 0.6) is 0 Å². The van der Waals surface area contributed by atoms with Gasteiger partial charge in [0.15, 0.2) is 0 Å². The van der Waals surface area contributed by atoms with E-state index < -0.39 is 0 Å². The maximum Gasteiger partial charge on any atom is 0.256 e. The molecule has 1 unspecified atom stereocenters. The zero-order chi connectivity index (χ0) is 18.7. The number of carbonyl (C=O) groups is 1. The molecule has 26 heavy (non-hydrogen) atoms. The first-order valence-corrected chi connectivity index (χ1v) is 9.24. The smallest absolute Gasteiger partial charge is 0.256 e. The van der Waals surface area contributed by atoms with Crippen molar-refractivity contribution in [3.63, 3.8) is 0 Å². The van der Waals surface area contributed by atoms with Crippen LogP contribution < -0.4 is 10.9 Å². The number of nitrogens with one attached hydrogen (secondary N) is 1. The number of amides is 1. The van der Waals surface area contributed by atoms with Crippen LogP contribution in [0.15, 0.2) is 35.4 Å². The van der Waals surface area contributed by atoms with Gasteiger partial charge in [-0.1, -0.05) is 19.1 Å². The third kappa shape index (κ3) is 3.70. The Balaban J connectivity index is 1.68. The maximum absolute atomic E-state index is 12.6. The third-order valence-electron chi connectivity index (χ3n) is 5.12. The molecule has 6 heteroatoms. The zero-order valence-corrected chi connectivity index (χ0v) is 15.7. The van der Waals surface area contributed by atoms with Gasteiger partial charge in [0.05, 0.1) is 18.1 Å². The molecular formula is C20H26N4O2. The number of hydrogen-bond donors (Lipinski definition) is 1. The van der Waals surface area contributed by atoms with E-state index in [1.165, 1.54) is 5.56 Å². The monoisotopic (exact) mass is 354 g/mol. The molecule has 1 aliphatic rings. The van der Waals surface area contributed by atoms with Crippen molar-refractivity contribution in [3.8, 4) is 0 Å². The predicted octanol–water partition coefficient (Wildman–Crippen LogP) is 2.21. The Bertz CT molecular complexity index is 842. The van der Waals surface area contributed by atoms with Gasteiger partial charge in [0.25, 0.3) is 5.56 Å². The molecule has 0 bridgehead atoms. The number of carbonyl (C=O) groups excluding carboxylic acids is 1. The SMILES string of the molecule is CCc1ccc(NC(=O)C(C)N2CCc3c(ncn(CC)c3=O)C2)cc1. The number of aromatic nitrogens is 2. The average Bonchev–Trinajstić information content (AvgIpc) is 2.68. The molecule has 3 rings (SSSR count). The number of fused-ring (bicyclic) bond motifs is 1. The largest absolute Gasteiger partial charge is 0.325 e. The van der Waals surface area contributed by atoms with Crippen LogP contribution in [0, 0.1) is 0 Å². The van der Waals surface area contributed by atoms with E-state index >= 15 is 0 Å². The summed E-state index contributed by atoms with van der Waals surface area (Å²) in [6.07, 6.45) is 3.21. The summed E-state index contributed by atoms with van der Waals surface area (Å²) in [6.45, 7) is 7.77. The molecule has 0 spiro atoms. The molecule has 1 N–H and O–H groups in total. The minimum absolute atomic E-state index is 0.0420. The molecule has 0 saturated carbocycles. The summed E-state index contributed by atoms with van der Waals surface area (Å²) in [5, 5.41) is 2.98. The fourth-order valence-corrected chi connectivity index (χ4v) is 3.27. The second kappa shape index (κ2) is 7.83. The van der Waals surface area contributed by atoms with E-state index in [2.05, 4.69) is 22.1 Å². The van der Waals surface area contributed by atoms with Crippen molar-refractivity contribution in [2.45, 2.75) is 52.7 Å². The Morgan fingerprint density at radius 1 is 1.27 bits per heavy atom. The van der Waals surface area contributed by atoms with Gasteiger partial charge in [-0.15, -0.1) is 0 Å². The van der Waals surface area contributed by atoms with Crippen LogP contribution in [-0.2, 0) is 30.7 Å². The first-order valence-electron chi connectivity index (χ1n) is 9.24. The number of anilines is 1. The van der Waals surface area contributed by atoms with E-state index in [1.54, 1.807) is 10.9 Å². The highest BCUT2D eigenvalue weighted by atomic mass is 16.2. The minimum atomic E-state index is -0.288. The third-order valence-corrected chi connectivity index (χ3v) is 5.12. The molecule has 1 atom stereocenters. The highest BCUT2D eigenvalue weighted by Gasteiger charge is 2.27. The number of nitrogens with zero attached hydrogens (tertiary/aromatic N) is 3. The topological polar surface area (TPSA) is 67.2 Å². The lowest BCUT2D eigenvalue weighted by Crippen LogP contribution is -2.46. The van der Waals surface area contributed by atoms with Crippen LogP contribution in [0.1, 0.15) is 37.6 Å². The van der Waals surface area contributed by atoms with Crippen molar-refractivity contribution < 1.29 is 4.79 Å². The summed E-state index contributed by atoms with van der Waals surface area (Å²) < 4.78 is 1.63. The van der Waals surface area contributed by atoms with Crippen molar-refractivity contribution in [3.05, 3.63) is 57.8 Å². The molecular weight excluding hydrogens is 328 g/mol. The Hall–Kier alpha value is -2.47. The Morgan fingerprint density at radius 2 is 2.00 bits per heavy atom. The van der Waals surface area contributed by atoms with Gasteiger partial charge in [-0.2, -0.15) is 0 Å². The molecule has 1 amide bonds. The molecule has 0 fully saturated rings. The highest BCUT2D eigenvalue weighted by molar-refractivity contribution is 5.94. The van der Waals surface area contributed by atoms with Crippen molar-refractivity contribution in [1.82, 2.24) is 14.5 Å². The predicted molar refractivity (Wildman–Crippen MR) is 102 cm³/mol. The van der Waals surface area contributed by atoms with Gasteiger partial charge in [-0.3, -0.25) is 19.1 Å². The second-order valence-electron chi connectivity index (χ2n) is 6.70. The Kier molecular flexibility index (Phi) is 5.52. The lowest BCUT2D eigenvalue weighted by molar-refractivity contribution is -0.121. The second-order valence-corrected chi connectivity index (χ2v) is 6.70. The Morgan fingerprint density at radius 3 is 2.65 bits per heavy atom. The van der Waals surface area contributed by atoms with Crippen molar-refractivity contribution in [2.24, 2.45) is 0 Å². The van der Waals surface area contributed by atoms with Crippen molar-refractivity contribution >= 4 is 11.6 Å². The van der Waals surface area contributed by atoms with Crippen molar-refractivity contribution in [1.29, 1.82) is 0 Å². The van der Waals surface area contributed by atoms with Crippen LogP contribution in [0.4, 0.5) is 5.69 Å². The van der Waals surface area contributed by atoms with Gasteiger partial charge >= 0.3 is 0 Å². The summed E-state index contributed by atoms with van der Waals surface area (Å²) in [7, 11) is 0. The van der Waals surface area contributed by atoms with E-state index in [4.69, 9.17) is 0 Å². The molecule has 0 radical (unpaired) electrons. The Labute approximate surface area is 153 Å². The van der Waals surface area contributed by atoms with E-state index in [0.717, 1.165) is 23.4 Å². The summed E-state index contributed by atoms with van der Waals surface area (Å²) in [6, 6.07) is 7.64. The molecule has 1 aromatic carbocycles. The molecule has 0 saturated heterocycles. The molecule has 2 aromatic rings. The van der Waals surface area contributed by atoms with Crippen LogP contribution in [-0.4, -0.2) is 32.9 Å². The lowest BCUT2D eigenvalue weighted by Gasteiger charge is -2.32. The quantitative estimate of drug-likeness (QED) is 0.894. The van der Waals surface area contributed by atoms with Gasteiger partial charge < -0.3 is 5.32 Å². The maximum atomic E-state index is 12.6. The molecule has 138 valence electrons. The van der Waals surface area contributed by atoms with Gasteiger partial charge in [-0.25, -0.2) is 4.98 Å². The number of benzene rings is 1. The fraction of sp³-hybridized carbons (Fsp3) is 0.450. The number of hydrogen-bond acceptors (Lipinski definition) is 4. The summed E-state index contributed by atoms with van der Waals surface area (Å²) >= 11 is 0. The van der Waals surface area contributed by atoms with E-state index in [1.807, 2.05) is 38.1 Å². The number of rotatable bonds is 5. The fourth-order valence-electron chi connectivity index (χ4n) is 3.27. The van der Waals surface area contributed by atoms with Crippen LogP contribution >= 0.6 is 0 Å². The van der Waals surface area contributed by atoms with Crippen molar-refractivity contribution in [2.75, 3.05) is 11.9 Å².